The first kappa shape index (κ1) is 16.9. The van der Waals surface area contributed by atoms with E-state index in [-0.39, 0.29) is 17.6 Å². The zero-order valence-corrected chi connectivity index (χ0v) is 13.2. The molecule has 1 N–H and O–H groups in total. The Morgan fingerprint density at radius 1 is 1.41 bits per heavy atom. The summed E-state index contributed by atoms with van der Waals surface area (Å²) in [7, 11) is 0. The minimum atomic E-state index is -0.522. The van der Waals surface area contributed by atoms with Crippen LogP contribution in [0.25, 0.3) is 0 Å². The first-order valence-electron chi connectivity index (χ1n) is 7.76. The number of aryl methyl sites for hydroxylation is 1. The average molecular weight is 309 g/mol. The van der Waals surface area contributed by atoms with Gasteiger partial charge in [0.1, 0.15) is 5.82 Å². The smallest absolute Gasteiger partial charge is 0.220 e. The van der Waals surface area contributed by atoms with Gasteiger partial charge < -0.3 is 14.8 Å². The van der Waals surface area contributed by atoms with Crippen LogP contribution in [0, 0.1) is 11.7 Å². The molecule has 1 amide bonds. The van der Waals surface area contributed by atoms with Crippen molar-refractivity contribution >= 4 is 5.91 Å². The van der Waals surface area contributed by atoms with Crippen LogP contribution in [-0.2, 0) is 20.7 Å². The highest BCUT2D eigenvalue weighted by molar-refractivity contribution is 5.76. The van der Waals surface area contributed by atoms with E-state index in [0.717, 1.165) is 12.0 Å². The summed E-state index contributed by atoms with van der Waals surface area (Å²) in [5, 5.41) is 2.91. The van der Waals surface area contributed by atoms with Crippen LogP contribution >= 0.6 is 0 Å². The lowest BCUT2D eigenvalue weighted by Gasteiger charge is -2.26. The lowest BCUT2D eigenvalue weighted by molar-refractivity contribution is -0.154. The summed E-state index contributed by atoms with van der Waals surface area (Å²) in [6, 6.07) is 6.35. The van der Waals surface area contributed by atoms with Crippen molar-refractivity contribution in [2.75, 3.05) is 19.8 Å². The Balaban J connectivity index is 1.66. The molecular weight excluding hydrogens is 285 g/mol. The molecule has 0 bridgehead atoms. The van der Waals surface area contributed by atoms with E-state index >= 15 is 0 Å². The van der Waals surface area contributed by atoms with Gasteiger partial charge in [0, 0.05) is 19.4 Å². The highest BCUT2D eigenvalue weighted by Gasteiger charge is 2.32. The van der Waals surface area contributed by atoms with Crippen LogP contribution in [0.1, 0.15) is 32.3 Å². The molecule has 0 saturated carbocycles. The van der Waals surface area contributed by atoms with Crippen molar-refractivity contribution in [1.29, 1.82) is 0 Å². The predicted molar refractivity (Wildman–Crippen MR) is 81.8 cm³/mol. The number of rotatable bonds is 7. The molecule has 1 aromatic rings. The van der Waals surface area contributed by atoms with Crippen LogP contribution in [0.15, 0.2) is 24.3 Å². The van der Waals surface area contributed by atoms with E-state index in [1.54, 1.807) is 6.07 Å². The van der Waals surface area contributed by atoms with Gasteiger partial charge in [0.2, 0.25) is 5.91 Å². The Morgan fingerprint density at radius 2 is 2.14 bits per heavy atom. The van der Waals surface area contributed by atoms with Crippen molar-refractivity contribution in [2.45, 2.75) is 38.9 Å². The molecule has 22 heavy (non-hydrogen) atoms. The summed E-state index contributed by atoms with van der Waals surface area (Å²) < 4.78 is 24.2. The van der Waals surface area contributed by atoms with E-state index < -0.39 is 5.79 Å². The van der Waals surface area contributed by atoms with Crippen LogP contribution in [0.5, 0.6) is 0 Å². The van der Waals surface area contributed by atoms with Gasteiger partial charge in [0.25, 0.3) is 0 Å². The lowest BCUT2D eigenvalue weighted by atomic mass is 10.0. The Bertz CT molecular complexity index is 500. The second kappa shape index (κ2) is 7.70. The average Bonchev–Trinajstić information content (AvgIpc) is 2.89. The molecule has 1 aliphatic heterocycles. The van der Waals surface area contributed by atoms with Gasteiger partial charge in [0.05, 0.1) is 13.2 Å². The van der Waals surface area contributed by atoms with E-state index in [0.29, 0.717) is 32.6 Å². The first-order valence-corrected chi connectivity index (χ1v) is 7.76. The molecule has 2 rings (SSSR count). The van der Waals surface area contributed by atoms with E-state index in [9.17, 15) is 9.18 Å². The fraction of sp³-hybridized carbons (Fsp3) is 0.588. The van der Waals surface area contributed by atoms with Gasteiger partial charge in [-0.2, -0.15) is 0 Å². The van der Waals surface area contributed by atoms with Crippen molar-refractivity contribution in [3.8, 4) is 0 Å². The number of benzene rings is 1. The first-order chi connectivity index (χ1) is 10.5. The summed E-state index contributed by atoms with van der Waals surface area (Å²) in [4.78, 5) is 11.9. The maximum absolute atomic E-state index is 13.1. The molecule has 0 aromatic heterocycles. The third-order valence-electron chi connectivity index (χ3n) is 3.79. The molecule has 1 heterocycles. The van der Waals surface area contributed by atoms with Crippen molar-refractivity contribution in [1.82, 2.24) is 5.32 Å². The van der Waals surface area contributed by atoms with Gasteiger partial charge >= 0.3 is 0 Å². The third-order valence-corrected chi connectivity index (χ3v) is 3.79. The van der Waals surface area contributed by atoms with E-state index in [1.165, 1.54) is 12.1 Å². The second-order valence-corrected chi connectivity index (χ2v) is 6.07. The summed E-state index contributed by atoms with van der Waals surface area (Å²) in [5.41, 5.74) is 0.837. The number of carbonyl (C=O) groups excluding carboxylic acids is 1. The number of carbonyl (C=O) groups is 1. The van der Waals surface area contributed by atoms with Gasteiger partial charge in [0.15, 0.2) is 5.79 Å². The fourth-order valence-corrected chi connectivity index (χ4v) is 2.71. The monoisotopic (exact) mass is 309 g/mol. The Kier molecular flexibility index (Phi) is 5.91. The topological polar surface area (TPSA) is 47.6 Å². The van der Waals surface area contributed by atoms with E-state index in [4.69, 9.17) is 9.47 Å². The van der Waals surface area contributed by atoms with Gasteiger partial charge in [-0.05, 0) is 37.0 Å². The number of ether oxygens (including phenoxy) is 2. The van der Waals surface area contributed by atoms with Crippen LogP contribution in [0.3, 0.4) is 0 Å². The zero-order chi connectivity index (χ0) is 16.0. The lowest BCUT2D eigenvalue weighted by Crippen LogP contribution is -2.34. The Labute approximate surface area is 131 Å². The summed E-state index contributed by atoms with van der Waals surface area (Å²) in [6.45, 7) is 5.84. The van der Waals surface area contributed by atoms with E-state index in [1.807, 2.05) is 13.0 Å². The quantitative estimate of drug-likeness (QED) is 0.842. The Hall–Kier alpha value is -1.46. The largest absolute Gasteiger partial charge is 0.356 e. The molecule has 1 atom stereocenters. The molecule has 1 aliphatic rings. The molecule has 1 fully saturated rings. The third kappa shape index (κ3) is 5.39. The number of amides is 1. The summed E-state index contributed by atoms with van der Waals surface area (Å²) >= 11 is 0. The molecule has 4 nitrogen and oxygen atoms in total. The van der Waals surface area contributed by atoms with Crippen LogP contribution in [0.2, 0.25) is 0 Å². The molecule has 122 valence electrons. The fourth-order valence-electron chi connectivity index (χ4n) is 2.71. The molecular formula is C17H24FNO3. The molecule has 1 aromatic carbocycles. The van der Waals surface area contributed by atoms with Crippen molar-refractivity contribution in [3.63, 3.8) is 0 Å². The molecule has 0 radical (unpaired) electrons. The summed E-state index contributed by atoms with van der Waals surface area (Å²) in [6.07, 6.45) is 1.65. The maximum Gasteiger partial charge on any atom is 0.220 e. The van der Waals surface area contributed by atoms with Gasteiger partial charge in [-0.15, -0.1) is 0 Å². The van der Waals surface area contributed by atoms with Gasteiger partial charge in [-0.25, -0.2) is 4.39 Å². The molecule has 0 unspecified atom stereocenters. The van der Waals surface area contributed by atoms with Crippen molar-refractivity contribution < 1.29 is 18.7 Å². The maximum atomic E-state index is 13.1. The molecule has 0 spiro atoms. The van der Waals surface area contributed by atoms with Crippen molar-refractivity contribution in [3.05, 3.63) is 35.6 Å². The van der Waals surface area contributed by atoms with Gasteiger partial charge in [-0.1, -0.05) is 19.1 Å². The van der Waals surface area contributed by atoms with Crippen LogP contribution in [0.4, 0.5) is 4.39 Å². The van der Waals surface area contributed by atoms with Gasteiger partial charge in [-0.3, -0.25) is 4.79 Å². The second-order valence-electron chi connectivity index (χ2n) is 6.07. The minimum absolute atomic E-state index is 0.0190. The number of hydrogen-bond donors (Lipinski definition) is 1. The molecule has 1 saturated heterocycles. The molecule has 5 heteroatoms. The predicted octanol–water partition coefficient (Wildman–Crippen LogP) is 2.66. The highest BCUT2D eigenvalue weighted by Crippen LogP contribution is 2.26. The summed E-state index contributed by atoms with van der Waals surface area (Å²) in [5.74, 6) is -0.543. The highest BCUT2D eigenvalue weighted by atomic mass is 19.1. The SMILES string of the molecule is C[C@H](CNC(=O)CCc1cccc(F)c1)CC1(C)OCCO1. The van der Waals surface area contributed by atoms with E-state index in [2.05, 4.69) is 12.2 Å². The Morgan fingerprint density at radius 3 is 2.82 bits per heavy atom. The number of halogens is 1. The van der Waals surface area contributed by atoms with Crippen LogP contribution < -0.4 is 5.32 Å². The molecule has 0 aliphatic carbocycles. The van der Waals surface area contributed by atoms with Crippen LogP contribution in [-0.4, -0.2) is 31.5 Å². The normalized spacial score (nSPS) is 18.1. The number of nitrogens with one attached hydrogen (secondary N) is 1. The standard InChI is InChI=1S/C17H24FNO3/c1-13(11-17(2)21-8-9-22-17)12-19-16(20)7-6-14-4-3-5-15(18)10-14/h3-5,10,13H,6-9,11-12H2,1-2H3,(H,19,20)/t13-/m0/s1. The van der Waals surface area contributed by atoms with Crippen molar-refractivity contribution in [2.24, 2.45) is 5.92 Å². The zero-order valence-electron chi connectivity index (χ0n) is 13.2. The minimum Gasteiger partial charge on any atom is -0.356 e. The number of hydrogen-bond acceptors (Lipinski definition) is 3.